The Kier molecular flexibility index (Phi) is 7.82. The third-order valence-electron chi connectivity index (χ3n) is 9.76. The van der Waals surface area contributed by atoms with E-state index in [-0.39, 0.29) is 23.1 Å². The summed E-state index contributed by atoms with van der Waals surface area (Å²) in [6.07, 6.45) is 8.41. The number of ether oxygens (including phenoxy) is 1. The molecule has 2 bridgehead atoms. The molecular formula is C37H37BrN2O. The molecule has 3 aliphatic heterocycles. The van der Waals surface area contributed by atoms with Crippen LogP contribution in [0.1, 0.15) is 30.1 Å². The van der Waals surface area contributed by atoms with Crippen molar-refractivity contribution in [2.75, 3.05) is 19.7 Å². The topological polar surface area (TPSA) is 22.1 Å². The number of quaternary nitrogens is 1. The van der Waals surface area contributed by atoms with Crippen LogP contribution in [0.3, 0.4) is 0 Å². The molecular weight excluding hydrogens is 568 g/mol. The molecule has 3 fully saturated rings. The van der Waals surface area contributed by atoms with Crippen molar-refractivity contribution in [1.82, 2.24) is 4.98 Å². The Morgan fingerprint density at radius 3 is 2.29 bits per heavy atom. The molecule has 208 valence electrons. The lowest BCUT2D eigenvalue weighted by atomic mass is 9.70. The zero-order valence-corrected chi connectivity index (χ0v) is 25.0. The fourth-order valence-corrected chi connectivity index (χ4v) is 7.90. The van der Waals surface area contributed by atoms with Crippen LogP contribution < -0.4 is 17.0 Å². The molecule has 0 radical (unpaired) electrons. The summed E-state index contributed by atoms with van der Waals surface area (Å²) in [6, 6.07) is 31.2. The first kappa shape index (κ1) is 27.8. The molecule has 0 N–H and O–H groups in total. The fourth-order valence-electron chi connectivity index (χ4n) is 7.90. The minimum absolute atomic E-state index is 0. The van der Waals surface area contributed by atoms with Gasteiger partial charge in [-0.15, -0.1) is 13.2 Å². The molecule has 4 heterocycles. The summed E-state index contributed by atoms with van der Waals surface area (Å²) in [6.45, 7) is 12.1. The van der Waals surface area contributed by atoms with E-state index in [1.807, 2.05) is 12.3 Å². The number of halogens is 1. The maximum absolute atomic E-state index is 6.80. The second-order valence-corrected chi connectivity index (χ2v) is 11.8. The molecule has 4 aromatic carbocycles. The van der Waals surface area contributed by atoms with E-state index in [1.165, 1.54) is 44.5 Å². The summed E-state index contributed by atoms with van der Waals surface area (Å²) < 4.78 is 7.81. The van der Waals surface area contributed by atoms with E-state index in [4.69, 9.17) is 4.74 Å². The van der Waals surface area contributed by atoms with Crippen molar-refractivity contribution in [3.05, 3.63) is 128 Å². The van der Waals surface area contributed by atoms with Crippen LogP contribution in [0, 0.1) is 11.8 Å². The van der Waals surface area contributed by atoms with Gasteiger partial charge in [-0.1, -0.05) is 78.9 Å². The zero-order chi connectivity index (χ0) is 27.1. The van der Waals surface area contributed by atoms with Crippen molar-refractivity contribution < 1.29 is 26.2 Å². The van der Waals surface area contributed by atoms with Gasteiger partial charge in [-0.25, -0.2) is 0 Å². The SMILES string of the molecule is C=CCO[C@@H](c1ccnc2ccccc12)C1CC2CC[N+]1(Cc1c3ccccc3cc3ccccc13)CC2C=C.[Br-]. The van der Waals surface area contributed by atoms with Crippen LogP contribution in [-0.4, -0.2) is 35.2 Å². The number of hydrogen-bond donors (Lipinski definition) is 0. The molecule has 3 saturated heterocycles. The maximum Gasteiger partial charge on any atom is 0.135 e. The number of fused-ring (bicyclic) bond motifs is 6. The van der Waals surface area contributed by atoms with Crippen molar-refractivity contribution in [3.63, 3.8) is 0 Å². The van der Waals surface area contributed by atoms with Gasteiger partial charge in [0.2, 0.25) is 0 Å². The smallest absolute Gasteiger partial charge is 0.135 e. The van der Waals surface area contributed by atoms with E-state index in [1.54, 1.807) is 0 Å². The van der Waals surface area contributed by atoms with Gasteiger partial charge in [-0.05, 0) is 51.2 Å². The largest absolute Gasteiger partial charge is 1.00 e. The zero-order valence-electron chi connectivity index (χ0n) is 23.5. The van der Waals surface area contributed by atoms with Crippen molar-refractivity contribution in [2.45, 2.75) is 31.5 Å². The molecule has 3 nitrogen and oxygen atoms in total. The molecule has 8 rings (SSSR count). The number of piperidine rings is 3. The average Bonchev–Trinajstić information content (AvgIpc) is 3.01. The predicted molar refractivity (Wildman–Crippen MR) is 166 cm³/mol. The molecule has 0 amide bonds. The lowest BCUT2D eigenvalue weighted by molar-refractivity contribution is -0.984. The Hall–Kier alpha value is -3.31. The fraction of sp³-hybridized carbons (Fsp3) is 0.270. The first-order valence-electron chi connectivity index (χ1n) is 14.6. The van der Waals surface area contributed by atoms with Crippen LogP contribution >= 0.6 is 0 Å². The number of rotatable bonds is 8. The van der Waals surface area contributed by atoms with Crippen LogP contribution in [0.2, 0.25) is 0 Å². The molecule has 4 heteroatoms. The van der Waals surface area contributed by atoms with Gasteiger partial charge < -0.3 is 26.2 Å². The van der Waals surface area contributed by atoms with Gasteiger partial charge in [0.05, 0.1) is 25.2 Å². The number of benzene rings is 4. The van der Waals surface area contributed by atoms with Crippen molar-refractivity contribution in [3.8, 4) is 0 Å². The number of pyridine rings is 1. The Bertz CT molecular complexity index is 1670. The molecule has 0 saturated carbocycles. The molecule has 41 heavy (non-hydrogen) atoms. The summed E-state index contributed by atoms with van der Waals surface area (Å²) in [4.78, 5) is 4.68. The van der Waals surface area contributed by atoms with Gasteiger partial charge in [0.15, 0.2) is 0 Å². The Morgan fingerprint density at radius 2 is 1.59 bits per heavy atom. The van der Waals surface area contributed by atoms with Gasteiger partial charge in [0, 0.05) is 35.9 Å². The molecule has 0 aliphatic carbocycles. The van der Waals surface area contributed by atoms with E-state index in [9.17, 15) is 0 Å². The van der Waals surface area contributed by atoms with Gasteiger partial charge in [0.1, 0.15) is 18.7 Å². The van der Waals surface area contributed by atoms with E-state index in [0.29, 0.717) is 24.5 Å². The summed E-state index contributed by atoms with van der Waals surface area (Å²) in [5.74, 6) is 1.18. The third-order valence-corrected chi connectivity index (χ3v) is 9.76. The third kappa shape index (κ3) is 4.82. The molecule has 0 spiro atoms. The Balaban J connectivity index is 0.00000302. The normalized spacial score (nSPS) is 24.2. The van der Waals surface area contributed by atoms with Crippen LogP contribution in [-0.2, 0) is 11.3 Å². The summed E-state index contributed by atoms with van der Waals surface area (Å²) >= 11 is 0. The quantitative estimate of drug-likeness (QED) is 0.134. The first-order valence-corrected chi connectivity index (χ1v) is 14.6. The van der Waals surface area contributed by atoms with Crippen molar-refractivity contribution in [1.29, 1.82) is 0 Å². The number of para-hydroxylation sites is 1. The monoisotopic (exact) mass is 604 g/mol. The predicted octanol–water partition coefficient (Wildman–Crippen LogP) is 5.40. The van der Waals surface area contributed by atoms with E-state index < -0.39 is 0 Å². The lowest BCUT2D eigenvalue weighted by Gasteiger charge is -2.58. The minimum Gasteiger partial charge on any atom is -1.00 e. The highest BCUT2D eigenvalue weighted by Crippen LogP contribution is 2.50. The van der Waals surface area contributed by atoms with Gasteiger partial charge >= 0.3 is 0 Å². The van der Waals surface area contributed by atoms with Crippen LogP contribution in [0.4, 0.5) is 0 Å². The Morgan fingerprint density at radius 1 is 0.902 bits per heavy atom. The van der Waals surface area contributed by atoms with E-state index in [2.05, 4.69) is 109 Å². The first-order chi connectivity index (χ1) is 19.7. The molecule has 1 aromatic heterocycles. The second-order valence-electron chi connectivity index (χ2n) is 11.8. The molecule has 4 unspecified atom stereocenters. The summed E-state index contributed by atoms with van der Waals surface area (Å²) in [5, 5.41) is 6.56. The number of nitrogens with zero attached hydrogens (tertiary/aromatic N) is 2. The lowest BCUT2D eigenvalue weighted by Crippen LogP contribution is -3.00. The van der Waals surface area contributed by atoms with E-state index in [0.717, 1.165) is 36.1 Å². The maximum atomic E-state index is 6.80. The van der Waals surface area contributed by atoms with Crippen LogP contribution in [0.5, 0.6) is 0 Å². The highest BCUT2D eigenvalue weighted by molar-refractivity contribution is 6.02. The van der Waals surface area contributed by atoms with Crippen molar-refractivity contribution >= 4 is 32.4 Å². The standard InChI is InChI=1S/C37H37N2O.BrH/c1-3-21-40-37(33-17-19-38-35-16-10-9-15-32(33)35)36-23-27-18-20-39(36,24-26(27)4-2)25-34-30-13-7-5-11-28(30)22-29-12-6-8-14-31(29)34;/h3-17,19,22,26-27,36-37H,1-2,18,20-21,23-25H2;1H/q+1;/p-1/t26?,27?,36?,37-,39?;/m0./s1. The van der Waals surface area contributed by atoms with Gasteiger partial charge in [-0.3, -0.25) is 4.98 Å². The number of aromatic nitrogens is 1. The highest BCUT2D eigenvalue weighted by atomic mass is 79.9. The summed E-state index contributed by atoms with van der Waals surface area (Å²) in [5.41, 5.74) is 3.74. The van der Waals surface area contributed by atoms with Crippen LogP contribution in [0.15, 0.2) is 116 Å². The van der Waals surface area contributed by atoms with Crippen molar-refractivity contribution in [2.24, 2.45) is 11.8 Å². The van der Waals surface area contributed by atoms with Crippen LogP contribution in [0.25, 0.3) is 32.4 Å². The average molecular weight is 606 g/mol. The van der Waals surface area contributed by atoms with Gasteiger partial charge in [-0.2, -0.15) is 0 Å². The molecule has 5 aromatic rings. The summed E-state index contributed by atoms with van der Waals surface area (Å²) in [7, 11) is 0. The molecule has 3 aliphatic rings. The Labute approximate surface area is 253 Å². The van der Waals surface area contributed by atoms with E-state index >= 15 is 0 Å². The molecule has 5 atom stereocenters. The second kappa shape index (κ2) is 11.5. The van der Waals surface area contributed by atoms with Gasteiger partial charge in [0.25, 0.3) is 0 Å². The highest BCUT2D eigenvalue weighted by Gasteiger charge is 2.54. The minimum atomic E-state index is -0.0410. The number of hydrogen-bond acceptors (Lipinski definition) is 2.